The summed E-state index contributed by atoms with van der Waals surface area (Å²) in [5.41, 5.74) is 2.12. The van der Waals surface area contributed by atoms with Crippen LogP contribution in [-0.2, 0) is 4.79 Å². The molecule has 0 radical (unpaired) electrons. The molecule has 3 aliphatic rings. The summed E-state index contributed by atoms with van der Waals surface area (Å²) in [5.74, 6) is 3.42. The molecule has 0 aliphatic heterocycles. The Morgan fingerprint density at radius 2 is 2.00 bits per heavy atom. The van der Waals surface area contributed by atoms with Crippen molar-refractivity contribution in [3.8, 4) is 0 Å². The Morgan fingerprint density at radius 3 is 2.64 bits per heavy atom. The molecule has 2 saturated carbocycles. The van der Waals surface area contributed by atoms with Crippen LogP contribution in [0, 0.1) is 34.5 Å². The second-order valence-corrected chi connectivity index (χ2v) is 9.03. The highest BCUT2D eigenvalue weighted by atomic mass is 16.1. The lowest BCUT2D eigenvalue weighted by molar-refractivity contribution is -0.137. The fraction of sp³-hybridized carbons (Fsp3) is 0.857. The van der Waals surface area contributed by atoms with E-state index in [-0.39, 0.29) is 5.41 Å². The summed E-state index contributed by atoms with van der Waals surface area (Å²) in [4.78, 5) is 12.4. The van der Waals surface area contributed by atoms with Gasteiger partial charge in [-0.3, -0.25) is 4.79 Å². The summed E-state index contributed by atoms with van der Waals surface area (Å²) in [6.45, 7) is 11.3. The molecule has 1 heteroatoms. The van der Waals surface area contributed by atoms with E-state index in [0.717, 1.165) is 30.6 Å². The van der Waals surface area contributed by atoms with Gasteiger partial charge >= 0.3 is 0 Å². The number of allylic oxidation sites excluding steroid dienone is 2. The molecule has 4 unspecified atom stereocenters. The van der Waals surface area contributed by atoms with Gasteiger partial charge in [-0.15, -0.1) is 0 Å². The van der Waals surface area contributed by atoms with E-state index in [4.69, 9.17) is 0 Å². The minimum absolute atomic E-state index is 0.0699. The van der Waals surface area contributed by atoms with Crippen molar-refractivity contribution in [2.45, 2.75) is 79.6 Å². The molecule has 0 bridgehead atoms. The molecule has 0 spiro atoms. The fourth-order valence-corrected chi connectivity index (χ4v) is 6.35. The quantitative estimate of drug-likeness (QED) is 0.590. The molecule has 0 aromatic rings. The molecule has 2 fully saturated rings. The highest BCUT2D eigenvalue weighted by Crippen LogP contribution is 2.62. The predicted octanol–water partition coefficient (Wildman–Crippen LogP) is 5.79. The zero-order valence-corrected chi connectivity index (χ0v) is 15.2. The zero-order chi connectivity index (χ0) is 16.1. The molecule has 6 atom stereocenters. The molecule has 0 amide bonds. The molecule has 22 heavy (non-hydrogen) atoms. The van der Waals surface area contributed by atoms with Crippen LogP contribution < -0.4 is 0 Å². The first-order valence-corrected chi connectivity index (χ1v) is 9.53. The van der Waals surface area contributed by atoms with Crippen molar-refractivity contribution in [3.63, 3.8) is 0 Å². The number of rotatable bonds is 2. The van der Waals surface area contributed by atoms with E-state index in [0.29, 0.717) is 17.1 Å². The molecular weight excluding hydrogens is 268 g/mol. The third-order valence-electron chi connectivity index (χ3n) is 7.98. The number of carbonyl (C=O) groups excluding carboxylic acids is 1. The van der Waals surface area contributed by atoms with Crippen molar-refractivity contribution in [2.75, 3.05) is 0 Å². The van der Waals surface area contributed by atoms with Crippen LogP contribution in [0.5, 0.6) is 0 Å². The van der Waals surface area contributed by atoms with Crippen molar-refractivity contribution in [1.29, 1.82) is 0 Å². The monoisotopic (exact) mass is 302 g/mol. The van der Waals surface area contributed by atoms with E-state index in [1.807, 2.05) is 6.92 Å². The highest BCUT2D eigenvalue weighted by molar-refractivity contribution is 5.82. The molecule has 0 N–H and O–H groups in total. The number of fused-ring (bicyclic) bond motifs is 3. The van der Waals surface area contributed by atoms with Crippen LogP contribution >= 0.6 is 0 Å². The summed E-state index contributed by atoms with van der Waals surface area (Å²) < 4.78 is 0. The Labute approximate surface area is 136 Å². The van der Waals surface area contributed by atoms with Crippen LogP contribution in [0.3, 0.4) is 0 Å². The normalized spacial score (nSPS) is 48.1. The standard InChI is InChI=1S/C21H34O/c1-6-18-17-8-7-16-13-14(2)9-11-21(16,5)19(17)10-12-20(18,4)15(3)22/h7,14,17-19H,6,8-13H2,1-5H3/t14?,17?,18?,19?,20-,21+/m1/s1. The molecular formula is C21H34O. The Balaban J connectivity index is 1.95. The van der Waals surface area contributed by atoms with Gasteiger partial charge in [0.2, 0.25) is 0 Å². The number of ketones is 1. The van der Waals surface area contributed by atoms with Crippen molar-refractivity contribution in [3.05, 3.63) is 11.6 Å². The van der Waals surface area contributed by atoms with Crippen LogP contribution in [-0.4, -0.2) is 5.78 Å². The molecule has 0 aromatic heterocycles. The number of hydrogen-bond donors (Lipinski definition) is 0. The SMILES string of the molecule is CCC1C2CC=C3CC(C)CC[C@]3(C)C2CC[C@]1(C)C(C)=O. The van der Waals surface area contributed by atoms with E-state index in [1.54, 1.807) is 5.57 Å². The highest BCUT2D eigenvalue weighted by Gasteiger charge is 2.55. The van der Waals surface area contributed by atoms with E-state index in [2.05, 4.69) is 33.8 Å². The summed E-state index contributed by atoms with van der Waals surface area (Å²) in [5, 5.41) is 0. The predicted molar refractivity (Wildman–Crippen MR) is 92.6 cm³/mol. The number of carbonyl (C=O) groups is 1. The van der Waals surface area contributed by atoms with E-state index in [1.165, 1.54) is 32.1 Å². The lowest BCUT2D eigenvalue weighted by Gasteiger charge is -2.58. The molecule has 124 valence electrons. The van der Waals surface area contributed by atoms with E-state index >= 15 is 0 Å². The molecule has 0 aromatic carbocycles. The lowest BCUT2D eigenvalue weighted by Crippen LogP contribution is -2.52. The second-order valence-electron chi connectivity index (χ2n) is 9.03. The Bertz CT molecular complexity index is 490. The Hall–Kier alpha value is -0.590. The maximum atomic E-state index is 12.4. The minimum atomic E-state index is -0.0699. The zero-order valence-electron chi connectivity index (χ0n) is 15.2. The number of Topliss-reactive ketones (excluding diaryl/α,β-unsaturated/α-hetero) is 1. The average molecular weight is 303 g/mol. The van der Waals surface area contributed by atoms with Crippen LogP contribution in [0.25, 0.3) is 0 Å². The van der Waals surface area contributed by atoms with Crippen LogP contribution in [0.4, 0.5) is 0 Å². The topological polar surface area (TPSA) is 17.1 Å². The summed E-state index contributed by atoms with van der Waals surface area (Å²) in [6, 6.07) is 0. The maximum Gasteiger partial charge on any atom is 0.135 e. The van der Waals surface area contributed by atoms with Crippen LogP contribution in [0.1, 0.15) is 79.6 Å². The van der Waals surface area contributed by atoms with Gasteiger partial charge in [0.15, 0.2) is 0 Å². The first kappa shape index (κ1) is 16.3. The van der Waals surface area contributed by atoms with Gasteiger partial charge in [0.1, 0.15) is 5.78 Å². The lowest BCUT2D eigenvalue weighted by atomic mass is 9.46. The molecule has 0 heterocycles. The van der Waals surface area contributed by atoms with Crippen LogP contribution in [0.15, 0.2) is 11.6 Å². The Kier molecular flexibility index (Phi) is 4.06. The van der Waals surface area contributed by atoms with Crippen molar-refractivity contribution in [1.82, 2.24) is 0 Å². The van der Waals surface area contributed by atoms with Gasteiger partial charge in [-0.1, -0.05) is 45.8 Å². The second kappa shape index (κ2) is 5.49. The van der Waals surface area contributed by atoms with E-state index in [9.17, 15) is 4.79 Å². The van der Waals surface area contributed by atoms with Gasteiger partial charge in [-0.25, -0.2) is 0 Å². The Morgan fingerprint density at radius 1 is 1.27 bits per heavy atom. The molecule has 3 aliphatic carbocycles. The molecule has 1 nitrogen and oxygen atoms in total. The summed E-state index contributed by atoms with van der Waals surface area (Å²) >= 11 is 0. The van der Waals surface area contributed by atoms with Gasteiger partial charge < -0.3 is 0 Å². The first-order chi connectivity index (χ1) is 10.3. The first-order valence-electron chi connectivity index (χ1n) is 9.53. The third kappa shape index (κ3) is 2.22. The van der Waals surface area contributed by atoms with Gasteiger partial charge in [0.05, 0.1) is 0 Å². The number of hydrogen-bond acceptors (Lipinski definition) is 1. The van der Waals surface area contributed by atoms with Gasteiger partial charge in [0.25, 0.3) is 0 Å². The third-order valence-corrected chi connectivity index (χ3v) is 7.98. The van der Waals surface area contributed by atoms with E-state index < -0.39 is 0 Å². The van der Waals surface area contributed by atoms with Crippen molar-refractivity contribution < 1.29 is 4.79 Å². The van der Waals surface area contributed by atoms with Gasteiger partial charge in [-0.2, -0.15) is 0 Å². The fourth-order valence-electron chi connectivity index (χ4n) is 6.35. The largest absolute Gasteiger partial charge is 0.299 e. The summed E-state index contributed by atoms with van der Waals surface area (Å²) in [6.07, 6.45) is 11.4. The smallest absolute Gasteiger partial charge is 0.135 e. The van der Waals surface area contributed by atoms with Gasteiger partial charge in [-0.05, 0) is 74.5 Å². The maximum absolute atomic E-state index is 12.4. The minimum Gasteiger partial charge on any atom is -0.299 e. The molecule has 0 saturated heterocycles. The average Bonchev–Trinajstić information content (AvgIpc) is 2.47. The molecule has 3 rings (SSSR count). The summed E-state index contributed by atoms with van der Waals surface area (Å²) in [7, 11) is 0. The van der Waals surface area contributed by atoms with Gasteiger partial charge in [0, 0.05) is 5.41 Å². The van der Waals surface area contributed by atoms with Crippen molar-refractivity contribution in [2.24, 2.45) is 34.5 Å². The van der Waals surface area contributed by atoms with Crippen LogP contribution in [0.2, 0.25) is 0 Å². The van der Waals surface area contributed by atoms with Crippen molar-refractivity contribution >= 4 is 5.78 Å².